The van der Waals surface area contributed by atoms with Gasteiger partial charge in [-0.2, -0.15) is 13.2 Å². The molecule has 3 aromatic rings. The number of halogens is 4. The maximum Gasteiger partial charge on any atom is 0.416 e. The van der Waals surface area contributed by atoms with E-state index in [9.17, 15) is 13.2 Å². The van der Waals surface area contributed by atoms with Gasteiger partial charge in [-0.05, 0) is 55.3 Å². The molecule has 1 fully saturated rings. The van der Waals surface area contributed by atoms with Crippen molar-refractivity contribution in [1.82, 2.24) is 10.2 Å². The number of nitrogens with one attached hydrogen (secondary N) is 1. The highest BCUT2D eigenvalue weighted by Gasteiger charge is 2.31. The van der Waals surface area contributed by atoms with E-state index in [4.69, 9.17) is 4.42 Å². The minimum absolute atomic E-state index is 0.342. The molecule has 8 heteroatoms. The molecule has 4 rings (SSSR count). The zero-order valence-corrected chi connectivity index (χ0v) is 14.9. The van der Waals surface area contributed by atoms with Gasteiger partial charge in [0.1, 0.15) is 0 Å². The number of anilines is 2. The van der Waals surface area contributed by atoms with Crippen molar-refractivity contribution >= 4 is 27.3 Å². The first kappa shape index (κ1) is 17.1. The molecule has 1 aromatic heterocycles. The lowest BCUT2D eigenvalue weighted by Gasteiger charge is -2.12. The first-order valence-electron chi connectivity index (χ1n) is 7.98. The molecule has 2 aromatic carbocycles. The van der Waals surface area contributed by atoms with Crippen LogP contribution in [-0.2, 0) is 6.18 Å². The van der Waals surface area contributed by atoms with Gasteiger partial charge in [0, 0.05) is 16.1 Å². The van der Waals surface area contributed by atoms with Crippen molar-refractivity contribution in [3.63, 3.8) is 0 Å². The van der Waals surface area contributed by atoms with Gasteiger partial charge in [-0.1, -0.05) is 15.9 Å². The topological polar surface area (TPSA) is 51.0 Å². The van der Waals surface area contributed by atoms with E-state index in [2.05, 4.69) is 31.4 Å². The molecular weight excluding hydrogens is 411 g/mol. The zero-order valence-electron chi connectivity index (χ0n) is 13.3. The third kappa shape index (κ3) is 3.60. The molecule has 134 valence electrons. The van der Waals surface area contributed by atoms with Crippen LogP contribution in [0.3, 0.4) is 0 Å². The maximum absolute atomic E-state index is 12.7. The van der Waals surface area contributed by atoms with E-state index in [0.717, 1.165) is 29.4 Å². The van der Waals surface area contributed by atoms with E-state index in [-0.39, 0.29) is 0 Å². The van der Waals surface area contributed by atoms with Crippen molar-refractivity contribution in [1.29, 1.82) is 0 Å². The number of rotatable bonds is 4. The molecule has 4 nitrogen and oxygen atoms in total. The molecule has 1 aliphatic rings. The number of hydrogen-bond acceptors (Lipinski definition) is 4. The molecule has 0 saturated heterocycles. The normalized spacial score (nSPS) is 14.5. The van der Waals surface area contributed by atoms with Gasteiger partial charge in [-0.15, -0.1) is 10.2 Å². The number of hydrogen-bond donors (Lipinski definition) is 1. The SMILES string of the molecule is FC(F)(F)c1ccc(Nc2ccc(Br)cc2-c2nnc(C3CC3)o2)cc1. The van der Waals surface area contributed by atoms with Gasteiger partial charge in [-0.25, -0.2) is 0 Å². The quantitative estimate of drug-likeness (QED) is 0.547. The van der Waals surface area contributed by atoms with Crippen LogP contribution in [0.1, 0.15) is 30.2 Å². The largest absolute Gasteiger partial charge is 0.420 e. The number of nitrogens with zero attached hydrogens (tertiary/aromatic N) is 2. The third-order valence-electron chi connectivity index (χ3n) is 4.07. The summed E-state index contributed by atoms with van der Waals surface area (Å²) in [7, 11) is 0. The third-order valence-corrected chi connectivity index (χ3v) is 4.56. The van der Waals surface area contributed by atoms with E-state index in [1.807, 2.05) is 12.1 Å². The summed E-state index contributed by atoms with van der Waals surface area (Å²) in [6.07, 6.45) is -2.25. The highest BCUT2D eigenvalue weighted by atomic mass is 79.9. The van der Waals surface area contributed by atoms with Crippen molar-refractivity contribution in [3.8, 4) is 11.5 Å². The summed E-state index contributed by atoms with van der Waals surface area (Å²) in [5.74, 6) is 1.35. The van der Waals surface area contributed by atoms with E-state index in [0.29, 0.717) is 34.6 Å². The van der Waals surface area contributed by atoms with Gasteiger partial charge < -0.3 is 9.73 Å². The molecule has 0 atom stereocenters. The summed E-state index contributed by atoms with van der Waals surface area (Å²) in [5, 5.41) is 11.3. The second kappa shape index (κ2) is 6.42. The zero-order chi connectivity index (χ0) is 18.3. The van der Waals surface area contributed by atoms with Crippen LogP contribution in [0.25, 0.3) is 11.5 Å². The van der Waals surface area contributed by atoms with E-state index >= 15 is 0 Å². The van der Waals surface area contributed by atoms with Crippen LogP contribution in [0, 0.1) is 0 Å². The van der Waals surface area contributed by atoms with Gasteiger partial charge >= 0.3 is 6.18 Å². The molecule has 0 spiro atoms. The second-order valence-corrected chi connectivity index (χ2v) is 7.03. The highest BCUT2D eigenvalue weighted by molar-refractivity contribution is 9.10. The minimum atomic E-state index is -4.36. The van der Waals surface area contributed by atoms with Gasteiger partial charge in [0.15, 0.2) is 0 Å². The lowest BCUT2D eigenvalue weighted by atomic mass is 10.1. The highest BCUT2D eigenvalue weighted by Crippen LogP contribution is 2.41. The molecule has 1 aliphatic carbocycles. The maximum atomic E-state index is 12.7. The van der Waals surface area contributed by atoms with Crippen LogP contribution in [0.2, 0.25) is 0 Å². The molecule has 26 heavy (non-hydrogen) atoms. The smallest absolute Gasteiger partial charge is 0.416 e. The fraction of sp³-hybridized carbons (Fsp3) is 0.222. The summed E-state index contributed by atoms with van der Waals surface area (Å²) in [5.41, 5.74) is 1.19. The summed E-state index contributed by atoms with van der Waals surface area (Å²) in [4.78, 5) is 0. The Labute approximate surface area is 155 Å². The Balaban J connectivity index is 1.63. The van der Waals surface area contributed by atoms with Crippen LogP contribution in [0.4, 0.5) is 24.5 Å². The van der Waals surface area contributed by atoms with Crippen molar-refractivity contribution in [3.05, 3.63) is 58.4 Å². The molecule has 0 bridgehead atoms. The molecular formula is C18H13BrF3N3O. The van der Waals surface area contributed by atoms with Gasteiger partial charge in [0.05, 0.1) is 16.8 Å². The first-order valence-corrected chi connectivity index (χ1v) is 8.77. The number of alkyl halides is 3. The summed E-state index contributed by atoms with van der Waals surface area (Å²) < 4.78 is 44.7. The van der Waals surface area contributed by atoms with Crippen molar-refractivity contribution in [2.45, 2.75) is 24.9 Å². The Bertz CT molecular complexity index is 934. The molecule has 1 N–H and O–H groups in total. The molecule has 0 radical (unpaired) electrons. The second-order valence-electron chi connectivity index (χ2n) is 6.11. The van der Waals surface area contributed by atoms with Gasteiger partial charge in [-0.3, -0.25) is 0 Å². The Morgan fingerprint density at radius 2 is 1.77 bits per heavy atom. The van der Waals surface area contributed by atoms with Gasteiger partial charge in [0.25, 0.3) is 0 Å². The lowest BCUT2D eigenvalue weighted by Crippen LogP contribution is -2.04. The molecule has 1 heterocycles. The van der Waals surface area contributed by atoms with Crippen LogP contribution < -0.4 is 5.32 Å². The fourth-order valence-corrected chi connectivity index (χ4v) is 2.90. The molecule has 0 unspecified atom stereocenters. The summed E-state index contributed by atoms with van der Waals surface area (Å²) >= 11 is 3.42. The fourth-order valence-electron chi connectivity index (χ4n) is 2.54. The predicted octanol–water partition coefficient (Wildman–Crippen LogP) is 6.14. The average Bonchev–Trinajstić information content (AvgIpc) is 3.33. The molecule has 0 amide bonds. The average molecular weight is 424 g/mol. The van der Waals surface area contributed by atoms with E-state index in [1.165, 1.54) is 12.1 Å². The predicted molar refractivity (Wildman–Crippen MR) is 94.1 cm³/mol. The Morgan fingerprint density at radius 1 is 1.04 bits per heavy atom. The van der Waals surface area contributed by atoms with Crippen LogP contribution in [-0.4, -0.2) is 10.2 Å². The monoisotopic (exact) mass is 423 g/mol. The van der Waals surface area contributed by atoms with E-state index < -0.39 is 11.7 Å². The Hall–Kier alpha value is -2.35. The van der Waals surface area contributed by atoms with Crippen molar-refractivity contribution in [2.24, 2.45) is 0 Å². The lowest BCUT2D eigenvalue weighted by molar-refractivity contribution is -0.137. The summed E-state index contributed by atoms with van der Waals surface area (Å²) in [6, 6.07) is 10.3. The van der Waals surface area contributed by atoms with Crippen LogP contribution in [0.5, 0.6) is 0 Å². The standard InChI is InChI=1S/C18H13BrF3N3O/c19-12-5-8-15(23-13-6-3-11(4-7-13)18(20,21)22)14(9-12)17-25-24-16(26-17)10-1-2-10/h3-10,23H,1-2H2. The molecule has 1 saturated carbocycles. The Morgan fingerprint density at radius 3 is 2.42 bits per heavy atom. The summed E-state index contributed by atoms with van der Waals surface area (Å²) in [6.45, 7) is 0. The van der Waals surface area contributed by atoms with Gasteiger partial charge in [0.2, 0.25) is 11.8 Å². The van der Waals surface area contributed by atoms with Crippen molar-refractivity contribution in [2.75, 3.05) is 5.32 Å². The number of aromatic nitrogens is 2. The van der Waals surface area contributed by atoms with E-state index in [1.54, 1.807) is 6.07 Å². The first-order chi connectivity index (χ1) is 12.4. The minimum Gasteiger partial charge on any atom is -0.420 e. The van der Waals surface area contributed by atoms with Crippen LogP contribution >= 0.6 is 15.9 Å². The number of benzene rings is 2. The molecule has 0 aliphatic heterocycles. The van der Waals surface area contributed by atoms with Crippen molar-refractivity contribution < 1.29 is 17.6 Å². The Kier molecular flexibility index (Phi) is 4.22. The van der Waals surface area contributed by atoms with Crippen LogP contribution in [0.15, 0.2) is 51.4 Å².